The van der Waals surface area contributed by atoms with Crippen LogP contribution < -0.4 is 4.90 Å². The van der Waals surface area contributed by atoms with Crippen molar-refractivity contribution in [1.29, 1.82) is 0 Å². The lowest BCUT2D eigenvalue weighted by atomic mass is 9.85. The van der Waals surface area contributed by atoms with Crippen molar-refractivity contribution in [1.82, 2.24) is 4.98 Å². The lowest BCUT2D eigenvalue weighted by Crippen LogP contribution is -2.39. The molecule has 19 heavy (non-hydrogen) atoms. The third-order valence-corrected chi connectivity index (χ3v) is 4.23. The first-order valence-corrected chi connectivity index (χ1v) is 6.94. The van der Waals surface area contributed by atoms with E-state index in [1.165, 1.54) is 25.7 Å². The second-order valence-corrected chi connectivity index (χ2v) is 5.55. The van der Waals surface area contributed by atoms with Crippen molar-refractivity contribution >= 4 is 11.8 Å². The molecule has 0 spiro atoms. The second-order valence-electron chi connectivity index (χ2n) is 5.55. The molecule has 1 N–H and O–H groups in total. The highest BCUT2D eigenvalue weighted by atomic mass is 16.4. The highest BCUT2D eigenvalue weighted by molar-refractivity contribution is 5.89. The Bertz CT molecular complexity index is 473. The van der Waals surface area contributed by atoms with Crippen LogP contribution in [0.4, 0.5) is 5.82 Å². The molecule has 2 unspecified atom stereocenters. The van der Waals surface area contributed by atoms with E-state index < -0.39 is 5.97 Å². The lowest BCUT2D eigenvalue weighted by Gasteiger charge is -2.37. The number of anilines is 1. The van der Waals surface area contributed by atoms with E-state index in [-0.39, 0.29) is 5.56 Å². The molecule has 2 rings (SSSR count). The fraction of sp³-hybridized carbons (Fsp3) is 0.600. The van der Waals surface area contributed by atoms with Crippen molar-refractivity contribution in [2.75, 3.05) is 11.9 Å². The molecule has 1 saturated carbocycles. The van der Waals surface area contributed by atoms with Gasteiger partial charge in [0, 0.05) is 13.1 Å². The summed E-state index contributed by atoms with van der Waals surface area (Å²) >= 11 is 0. The van der Waals surface area contributed by atoms with Crippen molar-refractivity contribution in [2.45, 2.75) is 45.6 Å². The van der Waals surface area contributed by atoms with Crippen molar-refractivity contribution in [3.63, 3.8) is 0 Å². The zero-order chi connectivity index (χ0) is 14.0. The standard InChI is InChI=1S/C15H22N2O2/c1-10-6-4-5-7-13(10)17(3)14-9-8-12(15(18)19)11(2)16-14/h8-10,13H,4-7H2,1-3H3,(H,18,19). The zero-order valence-corrected chi connectivity index (χ0v) is 11.9. The average Bonchev–Trinajstić information content (AvgIpc) is 2.38. The van der Waals surface area contributed by atoms with E-state index in [4.69, 9.17) is 5.11 Å². The van der Waals surface area contributed by atoms with Gasteiger partial charge in [-0.25, -0.2) is 9.78 Å². The van der Waals surface area contributed by atoms with Crippen molar-refractivity contribution in [3.05, 3.63) is 23.4 Å². The van der Waals surface area contributed by atoms with Gasteiger partial charge in [0.2, 0.25) is 0 Å². The quantitative estimate of drug-likeness (QED) is 0.909. The van der Waals surface area contributed by atoms with Crippen LogP contribution in [0.3, 0.4) is 0 Å². The average molecular weight is 262 g/mol. The number of nitrogens with zero attached hydrogens (tertiary/aromatic N) is 2. The Morgan fingerprint density at radius 3 is 2.63 bits per heavy atom. The topological polar surface area (TPSA) is 53.4 Å². The minimum Gasteiger partial charge on any atom is -0.478 e. The van der Waals surface area contributed by atoms with Gasteiger partial charge >= 0.3 is 5.97 Å². The maximum Gasteiger partial charge on any atom is 0.337 e. The number of hydrogen-bond acceptors (Lipinski definition) is 3. The summed E-state index contributed by atoms with van der Waals surface area (Å²) in [6.45, 7) is 4.05. The van der Waals surface area contributed by atoms with Crippen LogP contribution in [0, 0.1) is 12.8 Å². The molecule has 1 aromatic heterocycles. The fourth-order valence-corrected chi connectivity index (χ4v) is 3.01. The maximum atomic E-state index is 11.0. The van der Waals surface area contributed by atoms with Crippen LogP contribution in [0.25, 0.3) is 0 Å². The largest absolute Gasteiger partial charge is 0.478 e. The van der Waals surface area contributed by atoms with Crippen molar-refractivity contribution in [2.24, 2.45) is 5.92 Å². The Morgan fingerprint density at radius 2 is 2.05 bits per heavy atom. The Kier molecular flexibility index (Phi) is 4.08. The lowest BCUT2D eigenvalue weighted by molar-refractivity contribution is 0.0695. The van der Waals surface area contributed by atoms with Gasteiger partial charge in [-0.15, -0.1) is 0 Å². The molecule has 2 atom stereocenters. The van der Waals surface area contributed by atoms with E-state index >= 15 is 0 Å². The molecule has 1 heterocycles. The molecule has 104 valence electrons. The Labute approximate surface area is 114 Å². The van der Waals surface area contributed by atoms with Gasteiger partial charge in [0.1, 0.15) is 5.82 Å². The van der Waals surface area contributed by atoms with Crippen LogP contribution in [0.15, 0.2) is 12.1 Å². The molecule has 0 bridgehead atoms. The third-order valence-electron chi connectivity index (χ3n) is 4.23. The molecule has 4 heteroatoms. The SMILES string of the molecule is Cc1nc(N(C)C2CCCCC2C)ccc1C(=O)O. The van der Waals surface area contributed by atoms with Gasteiger partial charge in [-0.05, 0) is 37.8 Å². The molecule has 1 aliphatic carbocycles. The first-order valence-electron chi connectivity index (χ1n) is 6.94. The number of aryl methyl sites for hydroxylation is 1. The summed E-state index contributed by atoms with van der Waals surface area (Å²) in [7, 11) is 2.06. The van der Waals surface area contributed by atoms with E-state index in [1.807, 2.05) is 6.07 Å². The van der Waals surface area contributed by atoms with Crippen LogP contribution >= 0.6 is 0 Å². The Morgan fingerprint density at radius 1 is 1.37 bits per heavy atom. The molecule has 0 amide bonds. The van der Waals surface area contributed by atoms with Crippen molar-refractivity contribution < 1.29 is 9.90 Å². The predicted molar refractivity (Wildman–Crippen MR) is 75.8 cm³/mol. The first kappa shape index (κ1) is 13.8. The van der Waals surface area contributed by atoms with Gasteiger partial charge < -0.3 is 10.0 Å². The zero-order valence-electron chi connectivity index (χ0n) is 11.9. The molecule has 0 aromatic carbocycles. The van der Waals surface area contributed by atoms with Crippen LogP contribution in [-0.2, 0) is 0 Å². The summed E-state index contributed by atoms with van der Waals surface area (Å²) in [6.07, 6.45) is 5.04. The number of carbonyl (C=O) groups is 1. The molecular weight excluding hydrogens is 240 g/mol. The van der Waals surface area contributed by atoms with Gasteiger partial charge in [0.15, 0.2) is 0 Å². The van der Waals surface area contributed by atoms with Crippen molar-refractivity contribution in [3.8, 4) is 0 Å². The fourth-order valence-electron chi connectivity index (χ4n) is 3.01. The van der Waals surface area contributed by atoms with E-state index in [0.717, 1.165) is 5.82 Å². The molecule has 4 nitrogen and oxygen atoms in total. The molecule has 0 saturated heterocycles. The van der Waals surface area contributed by atoms with Gasteiger partial charge in [-0.3, -0.25) is 0 Å². The monoisotopic (exact) mass is 262 g/mol. The van der Waals surface area contributed by atoms with Gasteiger partial charge in [-0.2, -0.15) is 0 Å². The van der Waals surface area contributed by atoms with E-state index in [1.54, 1.807) is 13.0 Å². The van der Waals surface area contributed by atoms with Gasteiger partial charge in [-0.1, -0.05) is 19.8 Å². The summed E-state index contributed by atoms with van der Waals surface area (Å²) in [6, 6.07) is 3.98. The number of hydrogen-bond donors (Lipinski definition) is 1. The first-order chi connectivity index (χ1) is 9.00. The predicted octanol–water partition coefficient (Wildman–Crippen LogP) is 3.10. The number of pyridine rings is 1. The van der Waals surface area contributed by atoms with E-state index in [9.17, 15) is 4.79 Å². The molecule has 1 aromatic rings. The Balaban J connectivity index is 2.21. The van der Waals surface area contributed by atoms with E-state index in [0.29, 0.717) is 17.7 Å². The molecule has 0 aliphatic heterocycles. The number of aromatic nitrogens is 1. The van der Waals surface area contributed by atoms with Gasteiger partial charge in [0.05, 0.1) is 11.3 Å². The third kappa shape index (κ3) is 2.88. The smallest absolute Gasteiger partial charge is 0.337 e. The van der Waals surface area contributed by atoms with Crippen LogP contribution in [0.2, 0.25) is 0 Å². The summed E-state index contributed by atoms with van der Waals surface area (Å²) < 4.78 is 0. The Hall–Kier alpha value is -1.58. The van der Waals surface area contributed by atoms with E-state index in [2.05, 4.69) is 23.9 Å². The normalized spacial score (nSPS) is 23.1. The summed E-state index contributed by atoms with van der Waals surface area (Å²) in [5.41, 5.74) is 0.870. The molecule has 1 fully saturated rings. The second kappa shape index (κ2) is 5.59. The van der Waals surface area contributed by atoms with Crippen LogP contribution in [-0.4, -0.2) is 29.1 Å². The van der Waals surface area contributed by atoms with Crippen LogP contribution in [0.5, 0.6) is 0 Å². The minimum atomic E-state index is -0.912. The number of rotatable bonds is 3. The highest BCUT2D eigenvalue weighted by Gasteiger charge is 2.26. The molecular formula is C15H22N2O2. The minimum absolute atomic E-state index is 0.286. The molecule has 1 aliphatic rings. The molecule has 0 radical (unpaired) electrons. The number of carboxylic acids is 1. The number of carboxylic acid groups (broad SMARTS) is 1. The maximum absolute atomic E-state index is 11.0. The summed E-state index contributed by atoms with van der Waals surface area (Å²) in [5.74, 6) is 0.631. The van der Waals surface area contributed by atoms with Gasteiger partial charge in [0.25, 0.3) is 0 Å². The summed E-state index contributed by atoms with van der Waals surface area (Å²) in [5, 5.41) is 9.03. The summed E-state index contributed by atoms with van der Waals surface area (Å²) in [4.78, 5) is 17.7. The van der Waals surface area contributed by atoms with Crippen LogP contribution in [0.1, 0.15) is 48.7 Å². The number of aromatic carboxylic acids is 1. The highest BCUT2D eigenvalue weighted by Crippen LogP contribution is 2.30.